The van der Waals surface area contributed by atoms with Crippen LogP contribution in [0.5, 0.6) is 0 Å². The van der Waals surface area contributed by atoms with Gasteiger partial charge in [0.2, 0.25) is 0 Å². The highest BCUT2D eigenvalue weighted by atomic mass is 16.6. The minimum atomic E-state index is -0.458. The van der Waals surface area contributed by atoms with Crippen LogP contribution in [0.1, 0.15) is 53.4 Å². The minimum absolute atomic E-state index is 0.169. The van der Waals surface area contributed by atoms with Crippen molar-refractivity contribution in [1.29, 1.82) is 5.26 Å². The molecule has 2 aliphatic rings. The number of nitrogens with zero attached hydrogens (tertiary/aromatic N) is 1. The average Bonchev–Trinajstić information content (AvgIpc) is 2.67. The second kappa shape index (κ2) is 4.70. The maximum Gasteiger partial charge on any atom is 0.408 e. The van der Waals surface area contributed by atoms with Crippen molar-refractivity contribution in [2.45, 2.75) is 64.5 Å². The average molecular weight is 264 g/mol. The van der Waals surface area contributed by atoms with Crippen molar-refractivity contribution in [3.63, 3.8) is 0 Å². The Bertz CT molecular complexity index is 391. The monoisotopic (exact) mass is 264 g/mol. The number of carbonyl (C=O) groups excluding carboxylic acids is 1. The Morgan fingerprint density at radius 3 is 2.26 bits per heavy atom. The third-order valence-corrected chi connectivity index (χ3v) is 4.25. The zero-order valence-electron chi connectivity index (χ0n) is 12.3. The van der Waals surface area contributed by atoms with Gasteiger partial charge < -0.3 is 10.1 Å². The Labute approximate surface area is 115 Å². The standard InChI is InChI=1S/C15H24N2O2/c1-14(2,3)19-13(18)17-15(4)7-11-5-10(9-16)6-12(11)8-15/h10-12H,5-8H2,1-4H3,(H,17,18)/t10?,11-,12+,15?. The highest BCUT2D eigenvalue weighted by Gasteiger charge is 2.48. The van der Waals surface area contributed by atoms with Crippen molar-refractivity contribution in [3.8, 4) is 6.07 Å². The molecule has 0 aromatic heterocycles. The van der Waals surface area contributed by atoms with E-state index in [0.29, 0.717) is 11.8 Å². The van der Waals surface area contributed by atoms with Crippen molar-refractivity contribution in [1.82, 2.24) is 5.32 Å². The highest BCUT2D eigenvalue weighted by molar-refractivity contribution is 5.68. The van der Waals surface area contributed by atoms with Crippen molar-refractivity contribution in [3.05, 3.63) is 0 Å². The summed E-state index contributed by atoms with van der Waals surface area (Å²) in [7, 11) is 0. The van der Waals surface area contributed by atoms with E-state index in [4.69, 9.17) is 10.00 Å². The van der Waals surface area contributed by atoms with Crippen molar-refractivity contribution in [2.24, 2.45) is 17.8 Å². The molecule has 2 fully saturated rings. The van der Waals surface area contributed by atoms with Crippen LogP contribution in [0, 0.1) is 29.1 Å². The normalized spacial score (nSPS) is 37.5. The molecule has 0 bridgehead atoms. The maximum atomic E-state index is 11.9. The Morgan fingerprint density at radius 1 is 1.32 bits per heavy atom. The molecule has 2 rings (SSSR count). The van der Waals surface area contributed by atoms with Crippen molar-refractivity contribution < 1.29 is 9.53 Å². The number of nitriles is 1. The molecule has 106 valence electrons. The van der Waals surface area contributed by atoms with Crippen molar-refractivity contribution in [2.75, 3.05) is 0 Å². The molecular weight excluding hydrogens is 240 g/mol. The number of hydrogen-bond donors (Lipinski definition) is 1. The molecule has 0 aliphatic heterocycles. The number of amides is 1. The lowest BCUT2D eigenvalue weighted by atomic mass is 9.94. The van der Waals surface area contributed by atoms with E-state index < -0.39 is 5.60 Å². The molecule has 2 unspecified atom stereocenters. The summed E-state index contributed by atoms with van der Waals surface area (Å²) in [6, 6.07) is 2.38. The molecule has 2 saturated carbocycles. The second-order valence-electron chi connectivity index (χ2n) is 7.41. The zero-order chi connectivity index (χ0) is 14.3. The first-order chi connectivity index (χ1) is 8.71. The number of hydrogen-bond acceptors (Lipinski definition) is 3. The van der Waals surface area contributed by atoms with Crippen LogP contribution in [0.25, 0.3) is 0 Å². The molecule has 4 atom stereocenters. The first-order valence-electron chi connectivity index (χ1n) is 7.11. The van der Waals surface area contributed by atoms with Crippen LogP contribution >= 0.6 is 0 Å². The molecule has 19 heavy (non-hydrogen) atoms. The summed E-state index contributed by atoms with van der Waals surface area (Å²) >= 11 is 0. The predicted molar refractivity (Wildman–Crippen MR) is 72.3 cm³/mol. The van der Waals surface area contributed by atoms with Crippen LogP contribution < -0.4 is 5.32 Å². The largest absolute Gasteiger partial charge is 0.444 e. The van der Waals surface area contributed by atoms with E-state index in [1.54, 1.807) is 0 Å². The van der Waals surface area contributed by atoms with Gasteiger partial charge in [0.1, 0.15) is 5.60 Å². The van der Waals surface area contributed by atoms with Crippen LogP contribution in [0.15, 0.2) is 0 Å². The number of nitrogens with one attached hydrogen (secondary N) is 1. The fourth-order valence-corrected chi connectivity index (χ4v) is 3.71. The molecule has 0 spiro atoms. The molecule has 1 amide bonds. The number of fused-ring (bicyclic) bond motifs is 1. The lowest BCUT2D eigenvalue weighted by Gasteiger charge is -2.29. The molecule has 0 heterocycles. The third-order valence-electron chi connectivity index (χ3n) is 4.25. The van der Waals surface area contributed by atoms with E-state index in [9.17, 15) is 4.79 Å². The number of alkyl carbamates (subject to hydrolysis) is 1. The Balaban J connectivity index is 1.90. The Kier molecular flexibility index (Phi) is 3.51. The summed E-state index contributed by atoms with van der Waals surface area (Å²) in [5.74, 6) is 1.40. The lowest BCUT2D eigenvalue weighted by Crippen LogP contribution is -2.46. The highest BCUT2D eigenvalue weighted by Crippen LogP contribution is 2.50. The smallest absolute Gasteiger partial charge is 0.408 e. The van der Waals surface area contributed by atoms with Gasteiger partial charge in [0.15, 0.2) is 0 Å². The van der Waals surface area contributed by atoms with Gasteiger partial charge in [-0.05, 0) is 65.2 Å². The molecule has 4 nitrogen and oxygen atoms in total. The van der Waals surface area contributed by atoms with Gasteiger partial charge in [-0.15, -0.1) is 0 Å². The van der Waals surface area contributed by atoms with E-state index in [0.717, 1.165) is 25.7 Å². The summed E-state index contributed by atoms with van der Waals surface area (Å²) in [5, 5.41) is 12.0. The number of carbonyl (C=O) groups is 1. The summed E-state index contributed by atoms with van der Waals surface area (Å²) in [5.41, 5.74) is -0.626. The van der Waals surface area contributed by atoms with Crippen LogP contribution in [0.2, 0.25) is 0 Å². The third kappa shape index (κ3) is 3.40. The molecule has 0 saturated heterocycles. The van der Waals surface area contributed by atoms with Gasteiger partial charge in [0.05, 0.1) is 6.07 Å². The lowest BCUT2D eigenvalue weighted by molar-refractivity contribution is 0.0461. The van der Waals surface area contributed by atoms with Gasteiger partial charge >= 0.3 is 6.09 Å². The Morgan fingerprint density at radius 2 is 1.84 bits per heavy atom. The van der Waals surface area contributed by atoms with Gasteiger partial charge in [-0.1, -0.05) is 0 Å². The van der Waals surface area contributed by atoms with Crippen LogP contribution in [0.4, 0.5) is 4.79 Å². The van der Waals surface area contributed by atoms with E-state index in [1.807, 2.05) is 20.8 Å². The van der Waals surface area contributed by atoms with E-state index in [-0.39, 0.29) is 17.6 Å². The fourth-order valence-electron chi connectivity index (χ4n) is 3.71. The van der Waals surface area contributed by atoms with Gasteiger partial charge in [0, 0.05) is 11.5 Å². The first kappa shape index (κ1) is 14.2. The summed E-state index contributed by atoms with van der Waals surface area (Å²) in [4.78, 5) is 11.9. The number of ether oxygens (including phenoxy) is 1. The van der Waals surface area contributed by atoms with Gasteiger partial charge in [0.25, 0.3) is 0 Å². The molecule has 1 N–H and O–H groups in total. The quantitative estimate of drug-likeness (QED) is 0.791. The van der Waals surface area contributed by atoms with E-state index >= 15 is 0 Å². The molecule has 2 aliphatic carbocycles. The topological polar surface area (TPSA) is 62.1 Å². The Hall–Kier alpha value is -1.24. The molecule has 4 heteroatoms. The SMILES string of the molecule is CC1(NC(=O)OC(C)(C)C)C[C@H]2CC(C#N)C[C@H]2C1. The number of rotatable bonds is 1. The second-order valence-corrected chi connectivity index (χ2v) is 7.41. The summed E-state index contributed by atoms with van der Waals surface area (Å²) in [6.07, 6.45) is 3.59. The van der Waals surface area contributed by atoms with Crippen molar-refractivity contribution >= 4 is 6.09 Å². The molecule has 0 radical (unpaired) electrons. The molecular formula is C15H24N2O2. The van der Waals surface area contributed by atoms with Gasteiger partial charge in [-0.25, -0.2) is 4.79 Å². The molecule has 0 aromatic rings. The summed E-state index contributed by atoms with van der Waals surface area (Å²) < 4.78 is 5.33. The van der Waals surface area contributed by atoms with E-state index in [2.05, 4.69) is 18.3 Å². The van der Waals surface area contributed by atoms with E-state index in [1.165, 1.54) is 0 Å². The van der Waals surface area contributed by atoms with Crippen LogP contribution in [0.3, 0.4) is 0 Å². The van der Waals surface area contributed by atoms with Gasteiger partial charge in [-0.2, -0.15) is 5.26 Å². The minimum Gasteiger partial charge on any atom is -0.444 e. The summed E-state index contributed by atoms with van der Waals surface area (Å²) in [6.45, 7) is 7.71. The maximum absolute atomic E-state index is 11.9. The van der Waals surface area contributed by atoms with Gasteiger partial charge in [-0.3, -0.25) is 0 Å². The van der Waals surface area contributed by atoms with Crippen LogP contribution in [-0.4, -0.2) is 17.2 Å². The predicted octanol–water partition coefficient (Wildman–Crippen LogP) is 3.23. The fraction of sp³-hybridized carbons (Fsp3) is 0.867. The molecule has 0 aromatic carbocycles. The zero-order valence-corrected chi connectivity index (χ0v) is 12.3. The first-order valence-corrected chi connectivity index (χ1v) is 7.11. The van der Waals surface area contributed by atoms with Crippen LogP contribution in [-0.2, 0) is 4.74 Å².